The Morgan fingerprint density at radius 2 is 1.88 bits per heavy atom. The van der Waals surface area contributed by atoms with Crippen LogP contribution in [0, 0.1) is 5.82 Å². The zero-order valence-electron chi connectivity index (χ0n) is 13.4. The summed E-state index contributed by atoms with van der Waals surface area (Å²) in [6.07, 6.45) is 2.86. The Bertz CT molecular complexity index is 672. The van der Waals surface area contributed by atoms with Crippen LogP contribution < -0.4 is 10.2 Å². The number of piperidine rings is 1. The molecule has 1 fully saturated rings. The fourth-order valence-corrected chi connectivity index (χ4v) is 3.00. The van der Waals surface area contributed by atoms with E-state index in [-0.39, 0.29) is 11.9 Å². The molecule has 1 aliphatic heterocycles. The molecule has 2 heterocycles. The summed E-state index contributed by atoms with van der Waals surface area (Å²) >= 11 is 5.75. The van der Waals surface area contributed by atoms with Crippen LogP contribution in [0.15, 0.2) is 36.5 Å². The number of nitrogens with zero attached hydrogens (tertiary/aromatic N) is 2. The molecule has 2 N–H and O–H groups in total. The number of benzene rings is 1. The summed E-state index contributed by atoms with van der Waals surface area (Å²) in [5.74, 6) is -0.209. The zero-order chi connectivity index (χ0) is 16.9. The highest BCUT2D eigenvalue weighted by Crippen LogP contribution is 2.24. The SMILES string of the molecule is OC1CCN(c2ccc(CNCc3ccc(Cl)nc3)cc2F)CC1. The van der Waals surface area contributed by atoms with E-state index < -0.39 is 0 Å². The lowest BCUT2D eigenvalue weighted by molar-refractivity contribution is 0.145. The van der Waals surface area contributed by atoms with Crippen LogP contribution in [0.4, 0.5) is 10.1 Å². The molecule has 4 nitrogen and oxygen atoms in total. The average Bonchev–Trinajstić information content (AvgIpc) is 2.58. The number of aliphatic hydroxyl groups is 1. The van der Waals surface area contributed by atoms with Crippen molar-refractivity contribution in [2.24, 2.45) is 0 Å². The second-order valence-electron chi connectivity index (χ2n) is 6.10. The largest absolute Gasteiger partial charge is 0.393 e. The fourth-order valence-electron chi connectivity index (χ4n) is 2.89. The number of nitrogens with one attached hydrogen (secondary N) is 1. The molecule has 1 aliphatic rings. The van der Waals surface area contributed by atoms with Gasteiger partial charge in [-0.15, -0.1) is 0 Å². The van der Waals surface area contributed by atoms with E-state index in [2.05, 4.69) is 10.3 Å². The van der Waals surface area contributed by atoms with E-state index >= 15 is 0 Å². The molecule has 1 saturated heterocycles. The molecule has 0 bridgehead atoms. The molecule has 2 aromatic rings. The van der Waals surface area contributed by atoms with E-state index in [1.165, 1.54) is 0 Å². The molecule has 0 amide bonds. The van der Waals surface area contributed by atoms with Gasteiger partial charge in [-0.1, -0.05) is 23.7 Å². The number of hydrogen-bond donors (Lipinski definition) is 2. The van der Waals surface area contributed by atoms with Crippen molar-refractivity contribution < 1.29 is 9.50 Å². The van der Waals surface area contributed by atoms with Crippen molar-refractivity contribution in [3.8, 4) is 0 Å². The summed E-state index contributed by atoms with van der Waals surface area (Å²) in [7, 11) is 0. The molecule has 3 rings (SSSR count). The zero-order valence-corrected chi connectivity index (χ0v) is 14.1. The Morgan fingerprint density at radius 1 is 1.17 bits per heavy atom. The summed E-state index contributed by atoms with van der Waals surface area (Å²) in [4.78, 5) is 6.03. The first kappa shape index (κ1) is 17.1. The van der Waals surface area contributed by atoms with Crippen molar-refractivity contribution >= 4 is 17.3 Å². The Labute approximate surface area is 146 Å². The minimum absolute atomic E-state index is 0.209. The molecule has 0 saturated carbocycles. The van der Waals surface area contributed by atoms with Gasteiger partial charge >= 0.3 is 0 Å². The highest BCUT2D eigenvalue weighted by molar-refractivity contribution is 6.29. The van der Waals surface area contributed by atoms with E-state index in [1.54, 1.807) is 18.3 Å². The van der Waals surface area contributed by atoms with E-state index in [4.69, 9.17) is 11.6 Å². The van der Waals surface area contributed by atoms with E-state index in [0.29, 0.717) is 49.9 Å². The van der Waals surface area contributed by atoms with Gasteiger partial charge in [0.25, 0.3) is 0 Å². The van der Waals surface area contributed by atoms with Crippen molar-refractivity contribution in [2.45, 2.75) is 32.0 Å². The third-order valence-electron chi connectivity index (χ3n) is 4.26. The normalized spacial score (nSPS) is 15.7. The van der Waals surface area contributed by atoms with Crippen LogP contribution >= 0.6 is 11.6 Å². The standard InChI is InChI=1S/C18H21ClFN3O/c19-18-4-2-14(12-22-18)11-21-10-13-1-3-17(16(20)9-13)23-7-5-15(24)6-8-23/h1-4,9,12,15,21,24H,5-8,10-11H2. The van der Waals surface area contributed by atoms with Crippen LogP contribution in [0.2, 0.25) is 5.15 Å². The molecule has 24 heavy (non-hydrogen) atoms. The van der Waals surface area contributed by atoms with Crippen molar-refractivity contribution in [3.63, 3.8) is 0 Å². The Balaban J connectivity index is 1.55. The van der Waals surface area contributed by atoms with Crippen molar-refractivity contribution in [2.75, 3.05) is 18.0 Å². The Morgan fingerprint density at radius 3 is 2.54 bits per heavy atom. The maximum Gasteiger partial charge on any atom is 0.146 e. The van der Waals surface area contributed by atoms with E-state index in [9.17, 15) is 9.50 Å². The van der Waals surface area contributed by atoms with Gasteiger partial charge in [-0.25, -0.2) is 9.37 Å². The summed E-state index contributed by atoms with van der Waals surface area (Å²) in [5.41, 5.74) is 2.55. The lowest BCUT2D eigenvalue weighted by Gasteiger charge is -2.31. The number of aliphatic hydroxyl groups excluding tert-OH is 1. The number of anilines is 1. The van der Waals surface area contributed by atoms with Gasteiger partial charge in [-0.05, 0) is 42.2 Å². The monoisotopic (exact) mass is 349 g/mol. The van der Waals surface area contributed by atoms with Crippen LogP contribution in [0.5, 0.6) is 0 Å². The highest BCUT2D eigenvalue weighted by atomic mass is 35.5. The third-order valence-corrected chi connectivity index (χ3v) is 4.49. The van der Waals surface area contributed by atoms with Crippen LogP contribution in [-0.2, 0) is 13.1 Å². The molecular formula is C18H21ClFN3O. The first-order valence-electron chi connectivity index (χ1n) is 8.14. The lowest BCUT2D eigenvalue weighted by atomic mass is 10.1. The van der Waals surface area contributed by atoms with Crippen LogP contribution in [-0.4, -0.2) is 29.3 Å². The van der Waals surface area contributed by atoms with E-state index in [0.717, 1.165) is 11.1 Å². The van der Waals surface area contributed by atoms with Crippen LogP contribution in [0.3, 0.4) is 0 Å². The van der Waals surface area contributed by atoms with Crippen molar-refractivity contribution in [3.05, 3.63) is 58.6 Å². The number of hydrogen-bond acceptors (Lipinski definition) is 4. The summed E-state index contributed by atoms with van der Waals surface area (Å²) < 4.78 is 14.4. The van der Waals surface area contributed by atoms with Gasteiger partial charge in [0.15, 0.2) is 0 Å². The lowest BCUT2D eigenvalue weighted by Crippen LogP contribution is -2.36. The number of rotatable bonds is 5. The van der Waals surface area contributed by atoms with E-state index in [1.807, 2.05) is 23.1 Å². The smallest absolute Gasteiger partial charge is 0.146 e. The molecule has 0 radical (unpaired) electrons. The predicted molar refractivity (Wildman–Crippen MR) is 93.6 cm³/mol. The molecule has 0 aliphatic carbocycles. The molecule has 1 aromatic carbocycles. The molecule has 1 aromatic heterocycles. The van der Waals surface area contributed by atoms with Crippen LogP contribution in [0.25, 0.3) is 0 Å². The second kappa shape index (κ2) is 7.92. The highest BCUT2D eigenvalue weighted by Gasteiger charge is 2.19. The predicted octanol–water partition coefficient (Wildman–Crippen LogP) is 3.13. The molecule has 0 spiro atoms. The van der Waals surface area contributed by atoms with Gasteiger partial charge in [-0.2, -0.15) is 0 Å². The van der Waals surface area contributed by atoms with Gasteiger partial charge in [-0.3, -0.25) is 0 Å². The molecule has 0 atom stereocenters. The third kappa shape index (κ3) is 4.44. The minimum atomic E-state index is -0.254. The molecule has 128 valence electrons. The summed E-state index contributed by atoms with van der Waals surface area (Å²) in [6.45, 7) is 2.62. The number of halogens is 2. The maximum absolute atomic E-state index is 14.4. The second-order valence-corrected chi connectivity index (χ2v) is 6.48. The Hall–Kier alpha value is -1.69. The van der Waals surface area contributed by atoms with Crippen molar-refractivity contribution in [1.82, 2.24) is 10.3 Å². The first-order valence-corrected chi connectivity index (χ1v) is 8.52. The minimum Gasteiger partial charge on any atom is -0.393 e. The molecule has 6 heteroatoms. The average molecular weight is 350 g/mol. The van der Waals surface area contributed by atoms with Gasteiger partial charge in [0.1, 0.15) is 11.0 Å². The molecular weight excluding hydrogens is 329 g/mol. The Kier molecular flexibility index (Phi) is 5.66. The van der Waals surface area contributed by atoms with Gasteiger partial charge in [0.05, 0.1) is 11.8 Å². The van der Waals surface area contributed by atoms with Crippen molar-refractivity contribution in [1.29, 1.82) is 0 Å². The number of pyridine rings is 1. The quantitative estimate of drug-likeness (QED) is 0.814. The molecule has 0 unspecified atom stereocenters. The maximum atomic E-state index is 14.4. The summed E-state index contributed by atoms with van der Waals surface area (Å²) in [6, 6.07) is 9.01. The topological polar surface area (TPSA) is 48.4 Å². The van der Waals surface area contributed by atoms with Crippen LogP contribution in [0.1, 0.15) is 24.0 Å². The number of aromatic nitrogens is 1. The van der Waals surface area contributed by atoms with Gasteiger partial charge < -0.3 is 15.3 Å². The summed E-state index contributed by atoms with van der Waals surface area (Å²) in [5, 5.41) is 13.3. The first-order chi connectivity index (χ1) is 11.6. The van der Waals surface area contributed by atoms with Gasteiger partial charge in [0.2, 0.25) is 0 Å². The van der Waals surface area contributed by atoms with Gasteiger partial charge in [0, 0.05) is 32.4 Å². The fraction of sp³-hybridized carbons (Fsp3) is 0.389.